The topological polar surface area (TPSA) is 120 Å². The molecule has 1 atom stereocenters. The third-order valence-electron chi connectivity index (χ3n) is 5.42. The summed E-state index contributed by atoms with van der Waals surface area (Å²) in [4.78, 5) is 46.2. The van der Waals surface area contributed by atoms with E-state index in [0.717, 1.165) is 24.6 Å². The van der Waals surface area contributed by atoms with Crippen molar-refractivity contribution < 1.29 is 28.6 Å². The lowest BCUT2D eigenvalue weighted by atomic mass is 10.2. The van der Waals surface area contributed by atoms with Gasteiger partial charge in [0.05, 0.1) is 16.5 Å². The van der Waals surface area contributed by atoms with Gasteiger partial charge in [0.15, 0.2) is 0 Å². The van der Waals surface area contributed by atoms with E-state index >= 15 is 0 Å². The maximum atomic E-state index is 12.5. The van der Waals surface area contributed by atoms with Crippen LogP contribution < -0.4 is 14.8 Å². The zero-order valence-corrected chi connectivity index (χ0v) is 21.4. The van der Waals surface area contributed by atoms with E-state index in [4.69, 9.17) is 14.2 Å². The van der Waals surface area contributed by atoms with Crippen LogP contribution in [-0.4, -0.2) is 56.9 Å². The van der Waals surface area contributed by atoms with Gasteiger partial charge >= 0.3 is 6.09 Å². The van der Waals surface area contributed by atoms with Crippen molar-refractivity contribution in [3.8, 4) is 17.5 Å². The molecule has 0 spiro atoms. The van der Waals surface area contributed by atoms with E-state index in [9.17, 15) is 14.4 Å². The Morgan fingerprint density at radius 2 is 2.03 bits per heavy atom. The molecule has 36 heavy (non-hydrogen) atoms. The Bertz CT molecular complexity index is 1210. The van der Waals surface area contributed by atoms with E-state index in [-0.39, 0.29) is 18.7 Å². The quantitative estimate of drug-likeness (QED) is 0.550. The number of hydrogen-bond acceptors (Lipinski definition) is 9. The number of nitrogens with one attached hydrogen (secondary N) is 1. The predicted molar refractivity (Wildman–Crippen MR) is 134 cm³/mol. The number of imide groups is 1. The van der Waals surface area contributed by atoms with Gasteiger partial charge in [-0.05, 0) is 76.1 Å². The molecule has 11 heteroatoms. The summed E-state index contributed by atoms with van der Waals surface area (Å²) < 4.78 is 17.5. The van der Waals surface area contributed by atoms with Gasteiger partial charge in [0.1, 0.15) is 24.3 Å². The largest absolute Gasteiger partial charge is 0.475 e. The van der Waals surface area contributed by atoms with E-state index in [0.29, 0.717) is 40.1 Å². The lowest BCUT2D eigenvalue weighted by Gasteiger charge is -2.28. The molecule has 0 aliphatic carbocycles. The molecule has 2 fully saturated rings. The van der Waals surface area contributed by atoms with Gasteiger partial charge in [0.25, 0.3) is 11.1 Å². The van der Waals surface area contributed by atoms with Crippen LogP contribution in [0.15, 0.2) is 35.5 Å². The van der Waals surface area contributed by atoms with Crippen molar-refractivity contribution in [1.82, 2.24) is 20.2 Å². The van der Waals surface area contributed by atoms with Crippen molar-refractivity contribution in [2.24, 2.45) is 0 Å². The normalized spacial score (nSPS) is 18.9. The fraction of sp³-hybridized carbons (Fsp3) is 0.400. The SMILES string of the molecule is Cc1c(OCC2CCCN2C(=O)OC(C)(C)C)ncnc1Oc1cccc(/C=C2\SC(=O)NC2=O)c1. The van der Waals surface area contributed by atoms with Crippen LogP contribution in [0.4, 0.5) is 9.59 Å². The van der Waals surface area contributed by atoms with Gasteiger partial charge in [-0.15, -0.1) is 0 Å². The lowest BCUT2D eigenvalue weighted by molar-refractivity contribution is -0.115. The minimum absolute atomic E-state index is 0.110. The average molecular weight is 513 g/mol. The van der Waals surface area contributed by atoms with Crippen LogP contribution in [-0.2, 0) is 9.53 Å². The van der Waals surface area contributed by atoms with Crippen LogP contribution in [0.1, 0.15) is 44.7 Å². The maximum Gasteiger partial charge on any atom is 0.410 e. The second-order valence-corrected chi connectivity index (χ2v) is 10.4. The van der Waals surface area contributed by atoms with Crippen LogP contribution in [0.25, 0.3) is 6.08 Å². The first kappa shape index (κ1) is 25.5. The number of benzene rings is 1. The molecule has 1 aromatic heterocycles. The number of ether oxygens (including phenoxy) is 3. The molecule has 1 aromatic carbocycles. The van der Waals surface area contributed by atoms with E-state index in [1.165, 1.54) is 6.33 Å². The molecule has 0 radical (unpaired) electrons. The number of aromatic nitrogens is 2. The molecular formula is C25H28N4O6S. The molecule has 2 aliphatic rings. The van der Waals surface area contributed by atoms with Gasteiger partial charge < -0.3 is 19.1 Å². The molecule has 3 heterocycles. The number of nitrogens with zero attached hydrogens (tertiary/aromatic N) is 3. The minimum Gasteiger partial charge on any atom is -0.475 e. The van der Waals surface area contributed by atoms with E-state index in [1.54, 1.807) is 42.2 Å². The Morgan fingerprint density at radius 3 is 2.75 bits per heavy atom. The summed E-state index contributed by atoms with van der Waals surface area (Å²) >= 11 is 0.854. The molecular weight excluding hydrogens is 484 g/mol. The second kappa shape index (κ2) is 10.6. The van der Waals surface area contributed by atoms with Crippen molar-refractivity contribution >= 4 is 35.1 Å². The summed E-state index contributed by atoms with van der Waals surface area (Å²) in [5.41, 5.74) is 0.750. The monoisotopic (exact) mass is 512 g/mol. The predicted octanol–water partition coefficient (Wildman–Crippen LogP) is 4.68. The standard InChI is InChI=1S/C25H28N4O6S/c1-15-21(33-13-17-8-6-10-29(17)24(32)35-25(2,3)4)26-14-27-22(15)34-18-9-5-7-16(11-18)12-19-20(30)28-23(31)36-19/h5,7,9,11-12,14,17H,6,8,10,13H2,1-4H3,(H,28,30,31)/b19-12-. The van der Waals surface area contributed by atoms with Crippen LogP contribution >= 0.6 is 11.8 Å². The average Bonchev–Trinajstić information content (AvgIpc) is 3.39. The maximum absolute atomic E-state index is 12.5. The van der Waals surface area contributed by atoms with Gasteiger partial charge in [-0.1, -0.05) is 12.1 Å². The number of hydrogen-bond donors (Lipinski definition) is 1. The Balaban J connectivity index is 1.42. The lowest BCUT2D eigenvalue weighted by Crippen LogP contribution is -2.42. The first-order valence-corrected chi connectivity index (χ1v) is 12.4. The summed E-state index contributed by atoms with van der Waals surface area (Å²) in [6.45, 7) is 8.23. The number of carbonyl (C=O) groups excluding carboxylic acids is 3. The van der Waals surface area contributed by atoms with Gasteiger partial charge in [0, 0.05) is 6.54 Å². The Hall–Kier alpha value is -3.60. The summed E-state index contributed by atoms with van der Waals surface area (Å²) in [6, 6.07) is 6.97. The van der Waals surface area contributed by atoms with Crippen LogP contribution in [0.5, 0.6) is 17.5 Å². The number of rotatable bonds is 6. The summed E-state index contributed by atoms with van der Waals surface area (Å²) in [5, 5.41) is 1.84. The number of amides is 3. The van der Waals surface area contributed by atoms with E-state index in [1.807, 2.05) is 20.8 Å². The molecule has 1 N–H and O–H groups in total. The first-order valence-electron chi connectivity index (χ1n) is 11.6. The van der Waals surface area contributed by atoms with Crippen molar-refractivity contribution in [3.63, 3.8) is 0 Å². The fourth-order valence-corrected chi connectivity index (χ4v) is 4.45. The van der Waals surface area contributed by atoms with Crippen molar-refractivity contribution in [2.45, 2.75) is 52.2 Å². The Morgan fingerprint density at radius 1 is 1.25 bits per heavy atom. The molecule has 190 valence electrons. The Kier molecular flexibility index (Phi) is 7.48. The zero-order chi connectivity index (χ0) is 25.9. The highest BCUT2D eigenvalue weighted by atomic mass is 32.2. The van der Waals surface area contributed by atoms with Crippen LogP contribution in [0.3, 0.4) is 0 Å². The fourth-order valence-electron chi connectivity index (χ4n) is 3.76. The highest BCUT2D eigenvalue weighted by Gasteiger charge is 2.33. The van der Waals surface area contributed by atoms with Gasteiger partial charge in [-0.25, -0.2) is 14.8 Å². The van der Waals surface area contributed by atoms with Crippen LogP contribution in [0, 0.1) is 6.92 Å². The Labute approximate surface area is 213 Å². The molecule has 3 amide bonds. The second-order valence-electron chi connectivity index (χ2n) is 9.42. The van der Waals surface area contributed by atoms with Crippen LogP contribution in [0.2, 0.25) is 0 Å². The third kappa shape index (κ3) is 6.34. The number of likely N-dealkylation sites (tertiary alicyclic amines) is 1. The number of thioether (sulfide) groups is 1. The van der Waals surface area contributed by atoms with Crippen molar-refractivity contribution in [3.05, 3.63) is 46.6 Å². The van der Waals surface area contributed by atoms with E-state index < -0.39 is 16.7 Å². The third-order valence-corrected chi connectivity index (χ3v) is 6.23. The molecule has 2 aliphatic heterocycles. The highest BCUT2D eigenvalue weighted by molar-refractivity contribution is 8.18. The molecule has 0 saturated carbocycles. The van der Waals surface area contributed by atoms with Crippen molar-refractivity contribution in [1.29, 1.82) is 0 Å². The summed E-state index contributed by atoms with van der Waals surface area (Å²) in [7, 11) is 0. The molecule has 2 saturated heterocycles. The summed E-state index contributed by atoms with van der Waals surface area (Å²) in [6.07, 6.45) is 4.33. The van der Waals surface area contributed by atoms with E-state index in [2.05, 4.69) is 15.3 Å². The van der Waals surface area contributed by atoms with Gasteiger partial charge in [-0.2, -0.15) is 0 Å². The summed E-state index contributed by atoms with van der Waals surface area (Å²) in [5.74, 6) is 0.770. The molecule has 0 bridgehead atoms. The molecule has 2 aromatic rings. The molecule has 10 nitrogen and oxygen atoms in total. The molecule has 4 rings (SSSR count). The van der Waals surface area contributed by atoms with Gasteiger partial charge in [0.2, 0.25) is 11.8 Å². The van der Waals surface area contributed by atoms with Gasteiger partial charge in [-0.3, -0.25) is 14.9 Å². The van der Waals surface area contributed by atoms with Crippen molar-refractivity contribution in [2.75, 3.05) is 13.2 Å². The smallest absolute Gasteiger partial charge is 0.410 e. The molecule has 1 unspecified atom stereocenters. The zero-order valence-electron chi connectivity index (χ0n) is 20.6. The number of carbonyl (C=O) groups is 3. The highest BCUT2D eigenvalue weighted by Crippen LogP contribution is 2.31. The minimum atomic E-state index is -0.561. The first-order chi connectivity index (χ1) is 17.1.